The molecule has 3 saturated heterocycles. The minimum atomic E-state index is -0.334. The van der Waals surface area contributed by atoms with Crippen molar-refractivity contribution in [2.75, 3.05) is 194 Å². The molecule has 0 unspecified atom stereocenters. The van der Waals surface area contributed by atoms with E-state index >= 15 is 0 Å². The lowest BCUT2D eigenvalue weighted by atomic mass is 9.99. The summed E-state index contributed by atoms with van der Waals surface area (Å²) in [5.74, 6) is 1.44. The molecule has 6 aliphatic rings. The molecule has 3 aliphatic heterocycles. The number of methoxy groups -OCH3 is 3. The van der Waals surface area contributed by atoms with E-state index in [9.17, 15) is 14.4 Å². The number of ether oxygens (including phenoxy) is 3. The standard InChI is InChI=1S/C31H40N8O2.C30H38N8O2.C29H36N8O2/c1-21-18-33-31(34-22-11-12-32-23(17-22)19-37(2)3)36-29(21)26-10-9-25-24(26)7-6-8-27(25)35-30(40)28(20-41-5)39-15-13-38(4)14-16-39;1-20-17-33-30(34-21-10-11-32-22(16-21)18-31-2)36-28(20)25-9-8-24-23(25)6-5-7-26(24)35-29(39)27(19-40-4)38-14-12-37(3)13-15-38;1-19-17-32-29(33-20-9-10-31-21(15-20)16-30)35-27(19)24-8-7-23-22(24)5-4-6-25(23)34-28(38)26(18-39-3)37-13-11-36(2)12-14-37/h6-8,10-12,17-18,28H,9,13-16,19-20H2,1-5H3,(H,35,40)(H,32,33,34,36);5-7,9-11,16-17,27,31H,8,12-15,18-19H2,1-4H3,(H,35,39)(H,32,33,34,36);4-6,8-10,15,17,26H,7,11-14,16,18,30H2,1-3H3,(H,34,38)(H,31,32,33,35)/t28-;27-;26-/m111/s1. The van der Waals surface area contributed by atoms with Gasteiger partial charge in [0.1, 0.15) is 18.1 Å². The number of hydrogen-bond donors (Lipinski definition) is 8. The van der Waals surface area contributed by atoms with Gasteiger partial charge in [-0.1, -0.05) is 54.6 Å². The number of hydrogen-bond acceptors (Lipinski definition) is 27. The highest BCUT2D eigenvalue weighted by Crippen LogP contribution is 2.41. The number of nitrogens with one attached hydrogen (secondary N) is 7. The first kappa shape index (κ1) is 86.7. The van der Waals surface area contributed by atoms with E-state index in [1.807, 2.05) is 133 Å². The maximum Gasteiger partial charge on any atom is 0.244 e. The van der Waals surface area contributed by atoms with Gasteiger partial charge in [0.2, 0.25) is 35.6 Å². The molecule has 630 valence electrons. The Morgan fingerprint density at radius 2 is 0.758 bits per heavy atom. The normalized spacial score (nSPS) is 16.4. The van der Waals surface area contributed by atoms with Gasteiger partial charge in [0.15, 0.2) is 0 Å². The predicted octanol–water partition coefficient (Wildman–Crippen LogP) is 8.58. The van der Waals surface area contributed by atoms with Crippen LogP contribution in [0.15, 0.2) is 146 Å². The highest BCUT2D eigenvalue weighted by molar-refractivity contribution is 6.00. The summed E-state index contributed by atoms with van der Waals surface area (Å²) in [7, 11) is 17.2. The maximum absolute atomic E-state index is 13.5. The van der Waals surface area contributed by atoms with Gasteiger partial charge in [0.25, 0.3) is 0 Å². The monoisotopic (exact) mass is 1630 g/mol. The van der Waals surface area contributed by atoms with Crippen molar-refractivity contribution in [3.05, 3.63) is 231 Å². The topological polar surface area (TPSA) is 328 Å². The second-order valence-corrected chi connectivity index (χ2v) is 31.5. The summed E-state index contributed by atoms with van der Waals surface area (Å²) >= 11 is 0. The van der Waals surface area contributed by atoms with Crippen LogP contribution in [0, 0.1) is 20.8 Å². The molecule has 3 aliphatic carbocycles. The van der Waals surface area contributed by atoms with Gasteiger partial charge in [0.05, 0.1) is 54.0 Å². The average Bonchev–Trinajstić information content (AvgIpc) is 1.63. The van der Waals surface area contributed by atoms with Crippen LogP contribution in [-0.4, -0.2) is 277 Å². The number of aryl methyl sites for hydroxylation is 3. The number of nitrogens with two attached hydrogens (primary N) is 1. The molecule has 0 spiro atoms. The lowest BCUT2D eigenvalue weighted by molar-refractivity contribution is -0.124. The maximum atomic E-state index is 13.5. The smallest absolute Gasteiger partial charge is 0.244 e. The first-order chi connectivity index (χ1) is 58.2. The Labute approximate surface area is 704 Å². The number of fused-ring (bicyclic) bond motifs is 3. The van der Waals surface area contributed by atoms with Crippen molar-refractivity contribution in [2.24, 2.45) is 5.73 Å². The third kappa shape index (κ3) is 21.7. The number of nitrogens with zero attached hydrogens (tertiary/aromatic N) is 16. The summed E-state index contributed by atoms with van der Waals surface area (Å²) < 4.78 is 16.3. The molecule has 15 rings (SSSR count). The minimum Gasteiger partial charge on any atom is -0.383 e. The summed E-state index contributed by atoms with van der Waals surface area (Å²) in [5, 5.41) is 22.7. The molecule has 9 aromatic rings. The molecule has 0 saturated carbocycles. The second kappa shape index (κ2) is 41.2. The Bertz CT molecular complexity index is 5170. The van der Waals surface area contributed by atoms with Crippen LogP contribution in [0.5, 0.6) is 0 Å². The van der Waals surface area contributed by atoms with Crippen molar-refractivity contribution in [3.63, 3.8) is 0 Å². The summed E-state index contributed by atoms with van der Waals surface area (Å²) in [6, 6.07) is 28.8. The lowest BCUT2D eigenvalue weighted by Crippen LogP contribution is -2.54. The Hall–Kier alpha value is -11.1. The van der Waals surface area contributed by atoms with E-state index in [0.717, 1.165) is 227 Å². The van der Waals surface area contributed by atoms with Crippen LogP contribution in [0.1, 0.15) is 84.2 Å². The van der Waals surface area contributed by atoms with Gasteiger partial charge >= 0.3 is 0 Å². The fourth-order valence-corrected chi connectivity index (χ4v) is 15.9. The third-order valence-corrected chi connectivity index (χ3v) is 22.5. The second-order valence-electron chi connectivity index (χ2n) is 31.5. The van der Waals surface area contributed by atoms with Crippen molar-refractivity contribution in [3.8, 4) is 0 Å². The van der Waals surface area contributed by atoms with E-state index in [1.165, 1.54) is 0 Å². The Morgan fingerprint density at radius 3 is 1.07 bits per heavy atom. The van der Waals surface area contributed by atoms with E-state index in [0.29, 0.717) is 63.6 Å². The van der Waals surface area contributed by atoms with Crippen LogP contribution in [-0.2, 0) is 67.5 Å². The molecule has 3 atom stereocenters. The van der Waals surface area contributed by atoms with Crippen LogP contribution in [0.4, 0.5) is 52.0 Å². The first-order valence-corrected chi connectivity index (χ1v) is 41.1. The molecule has 30 nitrogen and oxygen atoms in total. The number of benzene rings is 3. The summed E-state index contributed by atoms with van der Waals surface area (Å²) in [6.45, 7) is 19.6. The van der Waals surface area contributed by atoms with Crippen LogP contribution in [0.3, 0.4) is 0 Å². The van der Waals surface area contributed by atoms with Crippen molar-refractivity contribution in [1.82, 2.24) is 84.5 Å². The Balaban J connectivity index is 0.000000156. The number of allylic oxidation sites excluding steroid dienone is 3. The van der Waals surface area contributed by atoms with Gasteiger partial charge in [-0.2, -0.15) is 0 Å². The quantitative estimate of drug-likeness (QED) is 0.0217. The Kier molecular flexibility index (Phi) is 29.8. The van der Waals surface area contributed by atoms with E-state index in [4.69, 9.17) is 34.9 Å². The van der Waals surface area contributed by atoms with E-state index in [-0.39, 0.29) is 35.8 Å². The minimum absolute atomic E-state index is 0.0334. The van der Waals surface area contributed by atoms with Gasteiger partial charge < -0.3 is 76.8 Å². The largest absolute Gasteiger partial charge is 0.383 e. The molecule has 3 aromatic carbocycles. The molecular formula is C90H114N24O6. The molecule has 9 heterocycles. The fraction of sp³-hybridized carbons (Fsp3) is 0.400. The number of carbonyl (C=O) groups excluding carboxylic acids is 3. The van der Waals surface area contributed by atoms with Crippen molar-refractivity contribution < 1.29 is 28.6 Å². The molecule has 3 fully saturated rings. The number of amides is 3. The van der Waals surface area contributed by atoms with Crippen molar-refractivity contribution >= 4 is 86.4 Å². The van der Waals surface area contributed by atoms with Crippen LogP contribution in [0.2, 0.25) is 0 Å². The number of carbonyl (C=O) groups is 3. The lowest BCUT2D eigenvalue weighted by Gasteiger charge is -2.36. The number of aromatic nitrogens is 9. The molecule has 30 heteroatoms. The molecule has 3 amide bonds. The van der Waals surface area contributed by atoms with Crippen molar-refractivity contribution in [2.45, 2.75) is 77.8 Å². The van der Waals surface area contributed by atoms with Gasteiger partial charge in [-0.05, 0) is 187 Å². The van der Waals surface area contributed by atoms with Gasteiger partial charge in [-0.3, -0.25) is 44.0 Å². The van der Waals surface area contributed by atoms with Crippen LogP contribution >= 0.6 is 0 Å². The number of likely N-dealkylation sites (N-methyl/N-ethyl adjacent to an activating group) is 3. The summed E-state index contributed by atoms with van der Waals surface area (Å²) in [4.78, 5) is 97.3. The fourth-order valence-electron chi connectivity index (χ4n) is 15.9. The van der Waals surface area contributed by atoms with Gasteiger partial charge in [-0.25, -0.2) is 29.9 Å². The highest BCUT2D eigenvalue weighted by Gasteiger charge is 2.35. The predicted molar refractivity (Wildman–Crippen MR) is 473 cm³/mol. The number of pyridine rings is 3. The zero-order valence-corrected chi connectivity index (χ0v) is 71.1. The van der Waals surface area contributed by atoms with E-state index in [2.05, 4.69) is 159 Å². The molecule has 0 bridgehead atoms. The SMILES string of the molecule is CNCc1cc(Nc2ncc(C)c(C3=CCc4c(NC(=O)[C@@H](COC)N5CCN(C)CC5)cccc43)n2)ccn1.COC[C@H](C(=O)Nc1cccc2c1CC=C2c1nc(Nc2ccnc(CN(C)C)c2)ncc1C)N1CCN(C)CC1.COC[C@H](C(=O)Nc1cccc2c1CC=C2c1nc(Nc2ccnc(CN)c2)ncc1C)N1CCN(C)CC1. The molecule has 6 aromatic heterocycles. The number of piperazine rings is 3. The van der Waals surface area contributed by atoms with E-state index < -0.39 is 0 Å². The first-order valence-electron chi connectivity index (χ1n) is 41.1. The molecule has 0 radical (unpaired) electrons. The highest BCUT2D eigenvalue weighted by atomic mass is 16.5. The summed E-state index contributed by atoms with van der Waals surface area (Å²) in [5.41, 5.74) is 28.7. The molecule has 120 heavy (non-hydrogen) atoms. The zero-order chi connectivity index (χ0) is 84.3. The molecule has 9 N–H and O–H groups in total. The third-order valence-electron chi connectivity index (χ3n) is 22.5. The van der Waals surface area contributed by atoms with Gasteiger partial charge in [-0.15, -0.1) is 0 Å². The Morgan fingerprint density at radius 1 is 0.442 bits per heavy atom. The van der Waals surface area contributed by atoms with Gasteiger partial charge in [0, 0.05) is 208 Å². The zero-order valence-electron chi connectivity index (χ0n) is 71.1. The number of rotatable bonds is 29. The van der Waals surface area contributed by atoms with Crippen LogP contribution in [0.25, 0.3) is 16.7 Å². The van der Waals surface area contributed by atoms with Crippen LogP contribution < -0.4 is 43.0 Å². The van der Waals surface area contributed by atoms with E-state index in [1.54, 1.807) is 39.9 Å². The molecular weight excluding hydrogens is 1510 g/mol. The van der Waals surface area contributed by atoms with Crippen molar-refractivity contribution in [1.29, 1.82) is 0 Å². The summed E-state index contributed by atoms with van der Waals surface area (Å²) in [6.07, 6.45) is 19.5. The average molecular weight is 1630 g/mol. The number of anilines is 9.